The average Bonchev–Trinajstić information content (AvgIpc) is 3.26. The van der Waals surface area contributed by atoms with Crippen molar-refractivity contribution in [3.8, 4) is 5.75 Å². The Morgan fingerprint density at radius 2 is 1.93 bits per heavy atom. The molecule has 2 aromatic heterocycles. The number of rotatable bonds is 5. The number of carbonyl (C=O) groups is 1. The Kier molecular flexibility index (Phi) is 5.16. The van der Waals surface area contributed by atoms with Crippen molar-refractivity contribution in [2.45, 2.75) is 13.5 Å². The summed E-state index contributed by atoms with van der Waals surface area (Å²) in [6.07, 6.45) is 1.57. The molecule has 0 radical (unpaired) electrons. The molecule has 0 bridgehead atoms. The van der Waals surface area contributed by atoms with Crippen molar-refractivity contribution in [3.05, 3.63) is 89.4 Å². The molecule has 0 fully saturated rings. The summed E-state index contributed by atoms with van der Waals surface area (Å²) >= 11 is 0. The average molecular weight is 388 g/mol. The zero-order valence-electron chi connectivity index (χ0n) is 16.1. The number of nitrogens with one attached hydrogen (secondary N) is 1. The van der Waals surface area contributed by atoms with E-state index in [9.17, 15) is 4.79 Å². The van der Waals surface area contributed by atoms with Gasteiger partial charge in [-0.1, -0.05) is 29.8 Å². The van der Waals surface area contributed by atoms with Gasteiger partial charge >= 0.3 is 0 Å². The summed E-state index contributed by atoms with van der Waals surface area (Å²) in [4.78, 5) is 17.5. The number of benzene rings is 2. The molecule has 1 N–H and O–H groups in total. The predicted molar refractivity (Wildman–Crippen MR) is 109 cm³/mol. The first-order valence-corrected chi connectivity index (χ1v) is 9.17. The molecular weight excluding hydrogens is 368 g/mol. The maximum absolute atomic E-state index is 12.9. The molecule has 4 rings (SSSR count). The molecule has 0 aliphatic rings. The number of furan rings is 1. The van der Waals surface area contributed by atoms with E-state index in [2.05, 4.69) is 10.3 Å². The Hall–Kier alpha value is -3.80. The predicted octanol–water partition coefficient (Wildman–Crippen LogP) is 4.51. The van der Waals surface area contributed by atoms with E-state index in [0.717, 1.165) is 10.9 Å². The summed E-state index contributed by atoms with van der Waals surface area (Å²) in [7, 11) is 1.57. The fourth-order valence-electron chi connectivity index (χ4n) is 2.94. The van der Waals surface area contributed by atoms with Crippen LogP contribution in [-0.2, 0) is 6.54 Å². The van der Waals surface area contributed by atoms with Crippen LogP contribution in [0.2, 0.25) is 0 Å². The van der Waals surface area contributed by atoms with Crippen LogP contribution in [-0.4, -0.2) is 13.0 Å². The van der Waals surface area contributed by atoms with Crippen molar-refractivity contribution in [2.75, 3.05) is 7.11 Å². The molecule has 0 saturated heterocycles. The number of amides is 1. The molecule has 146 valence electrons. The lowest BCUT2D eigenvalue weighted by atomic mass is 10.1. The van der Waals surface area contributed by atoms with Gasteiger partial charge in [0.25, 0.3) is 5.91 Å². The van der Waals surface area contributed by atoms with Gasteiger partial charge in [0.1, 0.15) is 11.3 Å². The fraction of sp³-hybridized carbons (Fsp3) is 0.130. The minimum atomic E-state index is -0.305. The van der Waals surface area contributed by atoms with Gasteiger partial charge in [0.2, 0.25) is 5.55 Å². The third-order valence-electron chi connectivity index (χ3n) is 4.47. The van der Waals surface area contributed by atoms with Crippen LogP contribution >= 0.6 is 0 Å². The van der Waals surface area contributed by atoms with Gasteiger partial charge in [-0.3, -0.25) is 4.79 Å². The number of methoxy groups -OCH3 is 1. The lowest BCUT2D eigenvalue weighted by molar-refractivity contribution is 0.0944. The first kappa shape index (κ1) is 18.6. The van der Waals surface area contributed by atoms with E-state index in [0.29, 0.717) is 28.3 Å². The summed E-state index contributed by atoms with van der Waals surface area (Å²) in [6, 6.07) is 18.5. The van der Waals surface area contributed by atoms with Crippen LogP contribution in [0.3, 0.4) is 0 Å². The number of ether oxygens (including phenoxy) is 1. The SMILES string of the molecule is COc1cccc2cc(C(=O)NCc3ccco3)c(=Nc3ccc(C)cc3)oc12. The maximum atomic E-state index is 12.9. The molecule has 0 aliphatic carbocycles. The van der Waals surface area contributed by atoms with Crippen LogP contribution in [0.5, 0.6) is 5.75 Å². The minimum Gasteiger partial charge on any atom is -0.493 e. The second-order valence-corrected chi connectivity index (χ2v) is 6.55. The molecule has 2 heterocycles. The molecule has 2 aromatic carbocycles. The smallest absolute Gasteiger partial charge is 0.257 e. The first-order valence-electron chi connectivity index (χ1n) is 9.17. The topological polar surface area (TPSA) is 77.0 Å². The molecular formula is C23H20N2O4. The molecule has 6 heteroatoms. The number of fused-ring (bicyclic) bond motifs is 1. The van der Waals surface area contributed by atoms with Gasteiger partial charge in [-0.25, -0.2) is 4.99 Å². The first-order chi connectivity index (χ1) is 14.1. The van der Waals surface area contributed by atoms with Crippen LogP contribution in [0.1, 0.15) is 21.7 Å². The second-order valence-electron chi connectivity index (χ2n) is 6.55. The minimum absolute atomic E-state index is 0.211. The Labute approximate surface area is 167 Å². The van der Waals surface area contributed by atoms with Gasteiger partial charge in [-0.15, -0.1) is 0 Å². The lowest BCUT2D eigenvalue weighted by Crippen LogP contribution is -2.28. The van der Waals surface area contributed by atoms with E-state index in [1.807, 2.05) is 43.3 Å². The van der Waals surface area contributed by atoms with Crippen molar-refractivity contribution < 1.29 is 18.4 Å². The monoisotopic (exact) mass is 388 g/mol. The Morgan fingerprint density at radius 3 is 2.66 bits per heavy atom. The summed E-state index contributed by atoms with van der Waals surface area (Å²) in [5, 5.41) is 3.59. The van der Waals surface area contributed by atoms with Crippen molar-refractivity contribution >= 4 is 22.6 Å². The number of para-hydroxylation sites is 1. The van der Waals surface area contributed by atoms with E-state index in [4.69, 9.17) is 13.6 Å². The van der Waals surface area contributed by atoms with Gasteiger partial charge in [0, 0.05) is 5.39 Å². The summed E-state index contributed by atoms with van der Waals surface area (Å²) in [6.45, 7) is 2.27. The van der Waals surface area contributed by atoms with E-state index in [-0.39, 0.29) is 18.0 Å². The molecule has 6 nitrogen and oxygen atoms in total. The van der Waals surface area contributed by atoms with E-state index >= 15 is 0 Å². The molecule has 0 atom stereocenters. The lowest BCUT2D eigenvalue weighted by Gasteiger charge is -2.08. The third-order valence-corrected chi connectivity index (χ3v) is 4.47. The third kappa shape index (κ3) is 4.06. The Morgan fingerprint density at radius 1 is 1.10 bits per heavy atom. The van der Waals surface area contributed by atoms with Crippen LogP contribution in [0.15, 0.2) is 80.8 Å². The highest BCUT2D eigenvalue weighted by molar-refractivity contribution is 5.97. The molecule has 0 unspecified atom stereocenters. The molecule has 4 aromatic rings. The van der Waals surface area contributed by atoms with Gasteiger partial charge in [-0.05, 0) is 43.3 Å². The standard InChI is InChI=1S/C23H20N2O4/c1-15-8-10-17(11-9-15)25-23-19(22(26)24-14-18-6-4-12-28-18)13-16-5-3-7-20(27-2)21(16)29-23/h3-13H,14H2,1-2H3,(H,24,26). The zero-order chi connectivity index (χ0) is 20.2. The van der Waals surface area contributed by atoms with Gasteiger partial charge < -0.3 is 18.9 Å². The molecule has 29 heavy (non-hydrogen) atoms. The van der Waals surface area contributed by atoms with Gasteiger partial charge in [0.15, 0.2) is 11.3 Å². The van der Waals surface area contributed by atoms with Gasteiger partial charge in [-0.2, -0.15) is 0 Å². The highest BCUT2D eigenvalue weighted by Crippen LogP contribution is 2.25. The number of hydrogen-bond acceptors (Lipinski definition) is 5. The Balaban J connectivity index is 1.82. The Bertz CT molecular complexity index is 1210. The molecule has 1 amide bonds. The van der Waals surface area contributed by atoms with E-state index in [1.54, 1.807) is 37.6 Å². The molecule has 0 aliphatic heterocycles. The van der Waals surface area contributed by atoms with Crippen molar-refractivity contribution in [3.63, 3.8) is 0 Å². The van der Waals surface area contributed by atoms with E-state index in [1.165, 1.54) is 0 Å². The second kappa shape index (κ2) is 8.06. The van der Waals surface area contributed by atoms with Crippen LogP contribution in [0.4, 0.5) is 5.69 Å². The fourth-order valence-corrected chi connectivity index (χ4v) is 2.94. The van der Waals surface area contributed by atoms with E-state index < -0.39 is 0 Å². The number of nitrogens with zero attached hydrogens (tertiary/aromatic N) is 1. The van der Waals surface area contributed by atoms with Crippen molar-refractivity contribution in [1.82, 2.24) is 5.32 Å². The summed E-state index contributed by atoms with van der Waals surface area (Å²) < 4.78 is 16.7. The highest BCUT2D eigenvalue weighted by atomic mass is 16.5. The van der Waals surface area contributed by atoms with Crippen LogP contribution in [0, 0.1) is 6.92 Å². The summed E-state index contributed by atoms with van der Waals surface area (Å²) in [5.41, 5.74) is 2.88. The number of carbonyl (C=O) groups excluding carboxylic acids is 1. The van der Waals surface area contributed by atoms with Crippen LogP contribution < -0.4 is 15.6 Å². The zero-order valence-corrected chi connectivity index (χ0v) is 16.1. The largest absolute Gasteiger partial charge is 0.493 e. The quantitative estimate of drug-likeness (QED) is 0.546. The number of hydrogen-bond donors (Lipinski definition) is 1. The number of aryl methyl sites for hydroxylation is 1. The maximum Gasteiger partial charge on any atom is 0.257 e. The normalized spacial score (nSPS) is 11.6. The van der Waals surface area contributed by atoms with Gasteiger partial charge in [0.05, 0.1) is 25.6 Å². The highest BCUT2D eigenvalue weighted by Gasteiger charge is 2.15. The van der Waals surface area contributed by atoms with Crippen molar-refractivity contribution in [1.29, 1.82) is 0 Å². The molecule has 0 saturated carbocycles. The summed E-state index contributed by atoms with van der Waals surface area (Å²) in [5.74, 6) is 0.931. The van der Waals surface area contributed by atoms with Crippen LogP contribution in [0.25, 0.3) is 11.0 Å². The molecule has 0 spiro atoms. The van der Waals surface area contributed by atoms with Crippen molar-refractivity contribution in [2.24, 2.45) is 4.99 Å².